The number of unbranched alkanes of at least 4 members (excludes halogenated alkanes) is 2. The summed E-state index contributed by atoms with van der Waals surface area (Å²) in [5.74, 6) is -0.0843. The molecule has 0 bridgehead atoms. The standard InChI is InChI=1S/C10H20O3/c1-3-12-9-7-5-6-8-10(11)13-4-2/h3-9H2,1-2H3. The third kappa shape index (κ3) is 9.34. The third-order valence-corrected chi connectivity index (χ3v) is 1.68. The Morgan fingerprint density at radius 3 is 2.46 bits per heavy atom. The van der Waals surface area contributed by atoms with E-state index in [9.17, 15) is 4.79 Å². The zero-order valence-electron chi connectivity index (χ0n) is 8.67. The van der Waals surface area contributed by atoms with Crippen LogP contribution in [0.4, 0.5) is 0 Å². The Balaban J connectivity index is 3.02. The average molecular weight is 188 g/mol. The maximum atomic E-state index is 10.9. The summed E-state index contributed by atoms with van der Waals surface area (Å²) in [6, 6.07) is 0. The molecule has 0 unspecified atom stereocenters. The lowest BCUT2D eigenvalue weighted by molar-refractivity contribution is -0.143. The lowest BCUT2D eigenvalue weighted by Crippen LogP contribution is -2.03. The number of ether oxygens (including phenoxy) is 2. The molecule has 0 aromatic rings. The van der Waals surface area contributed by atoms with E-state index in [1.165, 1.54) is 0 Å². The summed E-state index contributed by atoms with van der Waals surface area (Å²) in [5.41, 5.74) is 0. The number of esters is 1. The molecule has 0 heterocycles. The fourth-order valence-electron chi connectivity index (χ4n) is 1.03. The van der Waals surface area contributed by atoms with Crippen LogP contribution in [0.3, 0.4) is 0 Å². The first kappa shape index (κ1) is 12.4. The van der Waals surface area contributed by atoms with Crippen molar-refractivity contribution < 1.29 is 14.3 Å². The van der Waals surface area contributed by atoms with Gasteiger partial charge in [-0.1, -0.05) is 6.42 Å². The van der Waals surface area contributed by atoms with E-state index in [0.29, 0.717) is 13.0 Å². The topological polar surface area (TPSA) is 35.5 Å². The minimum absolute atomic E-state index is 0.0843. The summed E-state index contributed by atoms with van der Waals surface area (Å²) in [6.45, 7) is 5.88. The Morgan fingerprint density at radius 1 is 1.08 bits per heavy atom. The van der Waals surface area contributed by atoms with Crippen LogP contribution in [0, 0.1) is 0 Å². The van der Waals surface area contributed by atoms with Gasteiger partial charge in [0.05, 0.1) is 6.61 Å². The van der Waals surface area contributed by atoms with Gasteiger partial charge in [0.15, 0.2) is 0 Å². The molecule has 3 nitrogen and oxygen atoms in total. The first-order chi connectivity index (χ1) is 6.31. The second-order valence-corrected chi connectivity index (χ2v) is 2.81. The molecule has 0 aromatic carbocycles. The van der Waals surface area contributed by atoms with Crippen LogP contribution in [-0.4, -0.2) is 25.8 Å². The molecule has 0 spiro atoms. The van der Waals surface area contributed by atoms with Crippen molar-refractivity contribution in [2.75, 3.05) is 19.8 Å². The fraction of sp³-hybridized carbons (Fsp3) is 0.900. The number of hydrogen-bond acceptors (Lipinski definition) is 3. The van der Waals surface area contributed by atoms with Gasteiger partial charge in [0.1, 0.15) is 0 Å². The second-order valence-electron chi connectivity index (χ2n) is 2.81. The molecular formula is C10H20O3. The van der Waals surface area contributed by atoms with E-state index in [1.807, 2.05) is 13.8 Å². The number of hydrogen-bond donors (Lipinski definition) is 0. The van der Waals surface area contributed by atoms with Gasteiger partial charge in [-0.3, -0.25) is 4.79 Å². The Hall–Kier alpha value is -0.570. The number of carbonyl (C=O) groups is 1. The van der Waals surface area contributed by atoms with E-state index < -0.39 is 0 Å². The minimum Gasteiger partial charge on any atom is -0.466 e. The van der Waals surface area contributed by atoms with Crippen molar-refractivity contribution in [2.24, 2.45) is 0 Å². The summed E-state index contributed by atoms with van der Waals surface area (Å²) in [6.07, 6.45) is 3.53. The highest BCUT2D eigenvalue weighted by molar-refractivity contribution is 5.69. The van der Waals surface area contributed by atoms with Gasteiger partial charge in [0, 0.05) is 19.6 Å². The van der Waals surface area contributed by atoms with Crippen molar-refractivity contribution in [1.29, 1.82) is 0 Å². The maximum absolute atomic E-state index is 10.9. The molecule has 78 valence electrons. The van der Waals surface area contributed by atoms with Gasteiger partial charge in [-0.15, -0.1) is 0 Å². The molecule has 0 atom stereocenters. The zero-order chi connectivity index (χ0) is 9.94. The fourth-order valence-corrected chi connectivity index (χ4v) is 1.03. The summed E-state index contributed by atoms with van der Waals surface area (Å²) in [4.78, 5) is 10.9. The van der Waals surface area contributed by atoms with E-state index in [4.69, 9.17) is 9.47 Å². The highest BCUT2D eigenvalue weighted by atomic mass is 16.5. The third-order valence-electron chi connectivity index (χ3n) is 1.68. The summed E-state index contributed by atoms with van der Waals surface area (Å²) >= 11 is 0. The van der Waals surface area contributed by atoms with Crippen LogP contribution in [0.25, 0.3) is 0 Å². The lowest BCUT2D eigenvalue weighted by Gasteiger charge is -2.02. The first-order valence-corrected chi connectivity index (χ1v) is 5.04. The molecule has 0 radical (unpaired) electrons. The Morgan fingerprint density at radius 2 is 1.85 bits per heavy atom. The first-order valence-electron chi connectivity index (χ1n) is 5.04. The second kappa shape index (κ2) is 9.52. The maximum Gasteiger partial charge on any atom is 0.305 e. The largest absolute Gasteiger partial charge is 0.466 e. The predicted octanol–water partition coefficient (Wildman–Crippen LogP) is 2.15. The highest BCUT2D eigenvalue weighted by Crippen LogP contribution is 2.01. The summed E-state index contributed by atoms with van der Waals surface area (Å²) in [7, 11) is 0. The molecule has 0 saturated carbocycles. The Bertz CT molecular complexity index is 123. The normalized spacial score (nSPS) is 10.0. The molecule has 0 aliphatic heterocycles. The van der Waals surface area contributed by atoms with Crippen molar-refractivity contribution in [3.05, 3.63) is 0 Å². The molecular weight excluding hydrogens is 168 g/mol. The van der Waals surface area contributed by atoms with Gasteiger partial charge in [-0.25, -0.2) is 0 Å². The predicted molar refractivity (Wildman–Crippen MR) is 51.6 cm³/mol. The van der Waals surface area contributed by atoms with Crippen LogP contribution in [0.1, 0.15) is 39.5 Å². The molecule has 0 aliphatic rings. The molecule has 0 saturated heterocycles. The average Bonchev–Trinajstić information content (AvgIpc) is 2.11. The Kier molecular flexibility index (Phi) is 9.10. The Labute approximate surface area is 80.4 Å². The molecule has 0 N–H and O–H groups in total. The van der Waals surface area contributed by atoms with Crippen LogP contribution >= 0.6 is 0 Å². The van der Waals surface area contributed by atoms with E-state index in [0.717, 1.165) is 32.5 Å². The number of rotatable bonds is 8. The SMILES string of the molecule is CCOCCCCCC(=O)OCC. The van der Waals surface area contributed by atoms with E-state index in [-0.39, 0.29) is 5.97 Å². The van der Waals surface area contributed by atoms with Gasteiger partial charge >= 0.3 is 5.97 Å². The van der Waals surface area contributed by atoms with E-state index in [1.54, 1.807) is 0 Å². The van der Waals surface area contributed by atoms with E-state index >= 15 is 0 Å². The molecule has 0 aliphatic carbocycles. The van der Waals surface area contributed by atoms with Gasteiger partial charge in [0.2, 0.25) is 0 Å². The van der Waals surface area contributed by atoms with Gasteiger partial charge in [-0.2, -0.15) is 0 Å². The van der Waals surface area contributed by atoms with Crippen molar-refractivity contribution in [3.63, 3.8) is 0 Å². The van der Waals surface area contributed by atoms with Crippen LogP contribution in [-0.2, 0) is 14.3 Å². The van der Waals surface area contributed by atoms with E-state index in [2.05, 4.69) is 0 Å². The van der Waals surface area contributed by atoms with Gasteiger partial charge in [-0.05, 0) is 26.7 Å². The molecule has 0 fully saturated rings. The lowest BCUT2D eigenvalue weighted by atomic mass is 10.2. The molecule has 0 amide bonds. The molecule has 0 rings (SSSR count). The zero-order valence-corrected chi connectivity index (χ0v) is 8.67. The molecule has 3 heteroatoms. The summed E-state index contributed by atoms with van der Waals surface area (Å²) in [5, 5.41) is 0. The smallest absolute Gasteiger partial charge is 0.305 e. The van der Waals surface area contributed by atoms with Crippen molar-refractivity contribution in [3.8, 4) is 0 Å². The monoisotopic (exact) mass is 188 g/mol. The van der Waals surface area contributed by atoms with Crippen LogP contribution in [0.2, 0.25) is 0 Å². The molecule has 0 aromatic heterocycles. The van der Waals surface area contributed by atoms with Crippen molar-refractivity contribution in [2.45, 2.75) is 39.5 Å². The quantitative estimate of drug-likeness (QED) is 0.432. The molecule has 13 heavy (non-hydrogen) atoms. The van der Waals surface area contributed by atoms with Gasteiger partial charge in [0.25, 0.3) is 0 Å². The minimum atomic E-state index is -0.0843. The highest BCUT2D eigenvalue weighted by Gasteiger charge is 1.99. The summed E-state index contributed by atoms with van der Waals surface area (Å²) < 4.78 is 9.97. The van der Waals surface area contributed by atoms with Gasteiger partial charge < -0.3 is 9.47 Å². The van der Waals surface area contributed by atoms with Crippen molar-refractivity contribution >= 4 is 5.97 Å². The van der Waals surface area contributed by atoms with Crippen LogP contribution in [0.5, 0.6) is 0 Å². The number of carbonyl (C=O) groups excluding carboxylic acids is 1. The van der Waals surface area contributed by atoms with Crippen LogP contribution in [0.15, 0.2) is 0 Å². The van der Waals surface area contributed by atoms with Crippen LogP contribution < -0.4 is 0 Å². The van der Waals surface area contributed by atoms with Crippen molar-refractivity contribution in [1.82, 2.24) is 0 Å².